The first-order chi connectivity index (χ1) is 17.8. The van der Waals surface area contributed by atoms with E-state index in [1.54, 1.807) is 0 Å². The topological polar surface area (TPSA) is 23.8 Å². The molecule has 1 saturated heterocycles. The standard InChI is InChI=1S/C32H30N4/c1-2-36-30-14-8-7-11-26(30)29-21-23(15-16-31(29)36)22-33-35-19-17-34(18-20-35)32-27-12-5-3-9-24(27)25-10-4-6-13-28(25)32/h3-16,21-22,32H,2,17-20H2,1H3. The van der Waals surface area contributed by atoms with E-state index in [0.29, 0.717) is 6.04 Å². The fourth-order valence-electron chi connectivity index (χ4n) is 6.25. The zero-order valence-electron chi connectivity index (χ0n) is 20.6. The molecule has 1 aliphatic carbocycles. The molecule has 1 aromatic heterocycles. The van der Waals surface area contributed by atoms with Crippen LogP contribution in [0.4, 0.5) is 0 Å². The van der Waals surface area contributed by atoms with Gasteiger partial charge in [0.1, 0.15) is 0 Å². The molecular formula is C32H30N4. The van der Waals surface area contributed by atoms with Gasteiger partial charge in [-0.15, -0.1) is 0 Å². The molecule has 4 heteroatoms. The second kappa shape index (κ2) is 8.65. The Morgan fingerprint density at radius 3 is 2.08 bits per heavy atom. The number of hydrogen-bond donors (Lipinski definition) is 0. The molecule has 0 N–H and O–H groups in total. The van der Waals surface area contributed by atoms with Gasteiger partial charge in [-0.3, -0.25) is 9.91 Å². The minimum Gasteiger partial charge on any atom is -0.341 e. The van der Waals surface area contributed by atoms with Gasteiger partial charge in [0.2, 0.25) is 0 Å². The number of aryl methyl sites for hydroxylation is 1. The Morgan fingerprint density at radius 1 is 0.722 bits per heavy atom. The van der Waals surface area contributed by atoms with Gasteiger partial charge in [-0.1, -0.05) is 72.8 Å². The molecule has 1 fully saturated rings. The molecule has 36 heavy (non-hydrogen) atoms. The molecule has 7 rings (SSSR count). The molecule has 0 atom stereocenters. The normalized spacial score (nSPS) is 16.3. The molecule has 0 radical (unpaired) electrons. The summed E-state index contributed by atoms with van der Waals surface area (Å²) in [4.78, 5) is 2.63. The van der Waals surface area contributed by atoms with Gasteiger partial charge in [-0.2, -0.15) is 5.10 Å². The van der Waals surface area contributed by atoms with Gasteiger partial charge in [0.25, 0.3) is 0 Å². The minimum absolute atomic E-state index is 0.349. The predicted molar refractivity (Wildman–Crippen MR) is 150 cm³/mol. The van der Waals surface area contributed by atoms with Crippen molar-refractivity contribution in [1.82, 2.24) is 14.5 Å². The van der Waals surface area contributed by atoms with Crippen LogP contribution < -0.4 is 0 Å². The fourth-order valence-corrected chi connectivity index (χ4v) is 6.25. The zero-order valence-corrected chi connectivity index (χ0v) is 20.6. The summed E-state index contributed by atoms with van der Waals surface area (Å²) in [6, 6.07) is 33.6. The summed E-state index contributed by atoms with van der Waals surface area (Å²) in [6.45, 7) is 7.08. The largest absolute Gasteiger partial charge is 0.341 e. The molecule has 0 amide bonds. The number of piperazine rings is 1. The van der Waals surface area contributed by atoms with Crippen LogP contribution in [0.2, 0.25) is 0 Å². The van der Waals surface area contributed by atoms with E-state index < -0.39 is 0 Å². The highest BCUT2D eigenvalue weighted by molar-refractivity contribution is 6.09. The van der Waals surface area contributed by atoms with Crippen LogP contribution in [0.3, 0.4) is 0 Å². The number of nitrogens with zero attached hydrogens (tertiary/aromatic N) is 4. The van der Waals surface area contributed by atoms with E-state index in [1.165, 1.54) is 44.1 Å². The van der Waals surface area contributed by atoms with Gasteiger partial charge in [0.15, 0.2) is 0 Å². The average molecular weight is 471 g/mol. The maximum atomic E-state index is 4.89. The maximum Gasteiger partial charge on any atom is 0.0615 e. The van der Waals surface area contributed by atoms with Crippen LogP contribution in [0.15, 0.2) is 96.1 Å². The van der Waals surface area contributed by atoms with Crippen LogP contribution in [0, 0.1) is 0 Å². The van der Waals surface area contributed by atoms with E-state index in [9.17, 15) is 0 Å². The summed E-state index contributed by atoms with van der Waals surface area (Å²) in [5.74, 6) is 0. The van der Waals surface area contributed by atoms with Crippen LogP contribution in [0.25, 0.3) is 32.9 Å². The SMILES string of the molecule is CCn1c2ccccc2c2cc(C=NN3CCN(C4c5ccccc5-c5ccccc54)CC3)ccc21. The Kier molecular flexibility index (Phi) is 5.14. The van der Waals surface area contributed by atoms with Crippen molar-refractivity contribution >= 4 is 28.0 Å². The lowest BCUT2D eigenvalue weighted by molar-refractivity contribution is 0.114. The number of hydrazone groups is 1. The van der Waals surface area contributed by atoms with Gasteiger partial charge < -0.3 is 4.57 Å². The highest BCUT2D eigenvalue weighted by atomic mass is 15.5. The molecular weight excluding hydrogens is 440 g/mol. The van der Waals surface area contributed by atoms with E-state index in [1.807, 2.05) is 6.21 Å². The summed E-state index contributed by atoms with van der Waals surface area (Å²) in [7, 11) is 0. The molecule has 2 aliphatic rings. The van der Waals surface area contributed by atoms with Crippen LogP contribution in [0.5, 0.6) is 0 Å². The van der Waals surface area contributed by atoms with Crippen molar-refractivity contribution in [2.75, 3.05) is 26.2 Å². The van der Waals surface area contributed by atoms with Crippen molar-refractivity contribution in [3.8, 4) is 11.1 Å². The lowest BCUT2D eigenvalue weighted by Gasteiger charge is -2.37. The van der Waals surface area contributed by atoms with Crippen molar-refractivity contribution in [3.05, 3.63) is 108 Å². The molecule has 1 aliphatic heterocycles. The lowest BCUT2D eigenvalue weighted by Crippen LogP contribution is -2.45. The average Bonchev–Trinajstić information content (AvgIpc) is 3.45. The Bertz CT molecular complexity index is 1560. The quantitative estimate of drug-likeness (QED) is 0.279. The number of fused-ring (bicyclic) bond motifs is 6. The van der Waals surface area contributed by atoms with Crippen molar-refractivity contribution in [3.63, 3.8) is 0 Å². The summed E-state index contributed by atoms with van der Waals surface area (Å²) < 4.78 is 2.39. The highest BCUT2D eigenvalue weighted by Gasteiger charge is 2.33. The third-order valence-electron chi connectivity index (χ3n) is 7.94. The van der Waals surface area contributed by atoms with Crippen molar-refractivity contribution in [2.45, 2.75) is 19.5 Å². The van der Waals surface area contributed by atoms with Crippen molar-refractivity contribution in [1.29, 1.82) is 0 Å². The van der Waals surface area contributed by atoms with E-state index in [4.69, 9.17) is 5.10 Å². The van der Waals surface area contributed by atoms with Crippen molar-refractivity contribution in [2.24, 2.45) is 5.10 Å². The van der Waals surface area contributed by atoms with Crippen LogP contribution in [-0.4, -0.2) is 46.9 Å². The molecule has 0 saturated carbocycles. The third-order valence-corrected chi connectivity index (χ3v) is 7.94. The number of hydrogen-bond acceptors (Lipinski definition) is 3. The van der Waals surface area contributed by atoms with Gasteiger partial charge in [-0.25, -0.2) is 0 Å². The summed E-state index contributed by atoms with van der Waals surface area (Å²) >= 11 is 0. The lowest BCUT2D eigenvalue weighted by atomic mass is 10.0. The van der Waals surface area contributed by atoms with Gasteiger partial charge in [-0.05, 0) is 52.9 Å². The first kappa shape index (κ1) is 21.4. The number of aromatic nitrogens is 1. The Hall–Kier alpha value is -3.89. The molecule has 4 aromatic carbocycles. The number of para-hydroxylation sites is 1. The van der Waals surface area contributed by atoms with Gasteiger partial charge in [0, 0.05) is 54.5 Å². The summed E-state index contributed by atoms with van der Waals surface area (Å²) in [6.07, 6.45) is 2.04. The van der Waals surface area contributed by atoms with E-state index in [-0.39, 0.29) is 0 Å². The fraction of sp³-hybridized carbons (Fsp3) is 0.219. The molecule has 0 spiro atoms. The molecule has 2 heterocycles. The molecule has 5 aromatic rings. The monoisotopic (exact) mass is 470 g/mol. The van der Waals surface area contributed by atoms with Crippen LogP contribution >= 0.6 is 0 Å². The first-order valence-corrected chi connectivity index (χ1v) is 13.0. The second-order valence-corrected chi connectivity index (χ2v) is 9.85. The Morgan fingerprint density at radius 2 is 1.36 bits per heavy atom. The predicted octanol–water partition coefficient (Wildman–Crippen LogP) is 6.54. The Labute approximate surface area is 212 Å². The van der Waals surface area contributed by atoms with Crippen molar-refractivity contribution < 1.29 is 0 Å². The molecule has 0 bridgehead atoms. The highest BCUT2D eigenvalue weighted by Crippen LogP contribution is 2.46. The second-order valence-electron chi connectivity index (χ2n) is 9.85. The van der Waals surface area contributed by atoms with Crippen LogP contribution in [-0.2, 0) is 6.54 Å². The maximum absolute atomic E-state index is 4.89. The van der Waals surface area contributed by atoms with Gasteiger partial charge in [0.05, 0.1) is 12.3 Å². The first-order valence-electron chi connectivity index (χ1n) is 13.0. The zero-order chi connectivity index (χ0) is 24.1. The van der Waals surface area contributed by atoms with E-state index in [0.717, 1.165) is 38.3 Å². The van der Waals surface area contributed by atoms with E-state index >= 15 is 0 Å². The summed E-state index contributed by atoms with van der Waals surface area (Å²) in [5, 5.41) is 9.74. The van der Waals surface area contributed by atoms with Gasteiger partial charge >= 0.3 is 0 Å². The van der Waals surface area contributed by atoms with E-state index in [2.05, 4.69) is 112 Å². The smallest absolute Gasteiger partial charge is 0.0615 e. The molecule has 4 nitrogen and oxygen atoms in total. The molecule has 0 unspecified atom stereocenters. The number of benzene rings is 4. The minimum atomic E-state index is 0.349. The Balaban J connectivity index is 1.10. The number of rotatable bonds is 4. The molecule has 178 valence electrons. The third kappa shape index (κ3) is 3.36. The summed E-state index contributed by atoms with van der Waals surface area (Å²) in [5.41, 5.74) is 9.40. The van der Waals surface area contributed by atoms with Crippen LogP contribution in [0.1, 0.15) is 29.7 Å².